The van der Waals surface area contributed by atoms with Gasteiger partial charge in [0.15, 0.2) is 0 Å². The predicted molar refractivity (Wildman–Crippen MR) is 118 cm³/mol. The van der Waals surface area contributed by atoms with Crippen LogP contribution in [0.2, 0.25) is 0 Å². The van der Waals surface area contributed by atoms with Crippen LogP contribution in [0.5, 0.6) is 0 Å². The molecular weight excluding hydrogens is 394 g/mol. The lowest BCUT2D eigenvalue weighted by Crippen LogP contribution is -2.43. The molecule has 0 spiro atoms. The molecule has 0 bridgehead atoms. The summed E-state index contributed by atoms with van der Waals surface area (Å²) in [4.78, 5) is 44.7. The van der Waals surface area contributed by atoms with Crippen LogP contribution in [0.15, 0.2) is 18.3 Å². The number of rotatable bonds is 5. The van der Waals surface area contributed by atoms with Crippen molar-refractivity contribution in [3.63, 3.8) is 0 Å². The van der Waals surface area contributed by atoms with E-state index >= 15 is 0 Å². The van der Waals surface area contributed by atoms with Crippen molar-refractivity contribution >= 4 is 23.5 Å². The van der Waals surface area contributed by atoms with Gasteiger partial charge in [0.1, 0.15) is 5.82 Å². The number of imide groups is 1. The summed E-state index contributed by atoms with van der Waals surface area (Å²) >= 11 is 0. The second-order valence-corrected chi connectivity index (χ2v) is 9.07. The molecule has 3 aliphatic heterocycles. The zero-order valence-electron chi connectivity index (χ0n) is 18.3. The molecule has 0 radical (unpaired) electrons. The number of piperidine rings is 3. The summed E-state index contributed by atoms with van der Waals surface area (Å²) in [7, 11) is 1.72. The molecule has 4 rings (SSSR count). The van der Waals surface area contributed by atoms with Crippen LogP contribution in [0.3, 0.4) is 0 Å². The highest BCUT2D eigenvalue weighted by molar-refractivity contribution is 6.00. The highest BCUT2D eigenvalue weighted by Crippen LogP contribution is 2.28. The van der Waals surface area contributed by atoms with Crippen LogP contribution in [-0.2, 0) is 14.4 Å². The van der Waals surface area contributed by atoms with Crippen LogP contribution < -0.4 is 15.5 Å². The molecule has 0 saturated carbocycles. The number of carbonyl (C=O) groups excluding carboxylic acids is 3. The van der Waals surface area contributed by atoms with Crippen LogP contribution in [0.4, 0.5) is 5.82 Å². The van der Waals surface area contributed by atoms with Gasteiger partial charge in [-0.1, -0.05) is 6.07 Å². The topological polar surface area (TPSA) is 94.6 Å². The van der Waals surface area contributed by atoms with Gasteiger partial charge in [-0.05, 0) is 62.7 Å². The van der Waals surface area contributed by atoms with Crippen LogP contribution in [0.25, 0.3) is 0 Å². The Hall–Kier alpha value is -2.48. The second kappa shape index (κ2) is 9.77. The van der Waals surface area contributed by atoms with Crippen molar-refractivity contribution in [3.05, 3.63) is 23.9 Å². The Morgan fingerprint density at radius 1 is 1.10 bits per heavy atom. The van der Waals surface area contributed by atoms with Crippen LogP contribution in [0, 0.1) is 11.8 Å². The molecule has 2 N–H and O–H groups in total. The van der Waals surface area contributed by atoms with Crippen molar-refractivity contribution in [2.45, 2.75) is 44.4 Å². The van der Waals surface area contributed by atoms with Gasteiger partial charge in [-0.15, -0.1) is 0 Å². The van der Waals surface area contributed by atoms with Gasteiger partial charge in [0.25, 0.3) is 0 Å². The van der Waals surface area contributed by atoms with Crippen molar-refractivity contribution in [1.82, 2.24) is 20.5 Å². The lowest BCUT2D eigenvalue weighted by Gasteiger charge is -2.37. The van der Waals surface area contributed by atoms with E-state index in [1.807, 2.05) is 12.1 Å². The quantitative estimate of drug-likeness (QED) is 0.688. The average molecular weight is 428 g/mol. The largest absolute Gasteiger partial charge is 0.359 e. The number of nitrogens with one attached hydrogen (secondary N) is 2. The highest BCUT2D eigenvalue weighted by atomic mass is 16.2. The molecule has 8 heteroatoms. The van der Waals surface area contributed by atoms with Crippen molar-refractivity contribution < 1.29 is 14.4 Å². The molecule has 31 heavy (non-hydrogen) atoms. The summed E-state index contributed by atoms with van der Waals surface area (Å²) in [5.74, 6) is 1.32. The maximum atomic E-state index is 12.1. The van der Waals surface area contributed by atoms with E-state index in [0.717, 1.165) is 69.8 Å². The minimum Gasteiger partial charge on any atom is -0.359 e. The SMILES string of the molecule is CNC(=O)C1CCN(CC2CCN(c3ccc(C4CCC(=O)NC4=O)cn3)CC2)CC1. The van der Waals surface area contributed by atoms with E-state index in [1.54, 1.807) is 13.2 Å². The van der Waals surface area contributed by atoms with E-state index in [1.165, 1.54) is 0 Å². The summed E-state index contributed by atoms with van der Waals surface area (Å²) in [6, 6.07) is 3.98. The predicted octanol–water partition coefficient (Wildman–Crippen LogP) is 1.28. The molecule has 3 amide bonds. The first-order valence-electron chi connectivity index (χ1n) is 11.5. The fourth-order valence-electron chi connectivity index (χ4n) is 5.09. The van der Waals surface area contributed by atoms with Gasteiger partial charge in [-0.25, -0.2) is 4.98 Å². The Morgan fingerprint density at radius 2 is 1.84 bits per heavy atom. The number of hydrogen-bond acceptors (Lipinski definition) is 6. The number of nitrogens with zero attached hydrogens (tertiary/aromatic N) is 3. The smallest absolute Gasteiger partial charge is 0.234 e. The molecule has 1 aromatic heterocycles. The Bertz CT molecular complexity index is 796. The Morgan fingerprint density at radius 3 is 2.45 bits per heavy atom. The first kappa shape index (κ1) is 21.7. The molecule has 4 heterocycles. The molecule has 1 atom stereocenters. The first-order chi connectivity index (χ1) is 15.0. The van der Waals surface area contributed by atoms with Crippen molar-refractivity contribution in [1.29, 1.82) is 0 Å². The molecule has 3 fully saturated rings. The minimum atomic E-state index is -0.280. The number of likely N-dealkylation sites (tertiary alicyclic amines) is 1. The maximum Gasteiger partial charge on any atom is 0.234 e. The molecule has 8 nitrogen and oxygen atoms in total. The van der Waals surface area contributed by atoms with Gasteiger partial charge in [0.2, 0.25) is 17.7 Å². The fourth-order valence-corrected chi connectivity index (χ4v) is 5.09. The summed E-state index contributed by atoms with van der Waals surface area (Å²) in [5, 5.41) is 5.19. The van der Waals surface area contributed by atoms with Gasteiger partial charge in [0.05, 0.1) is 5.92 Å². The Labute approximate surface area is 183 Å². The Balaban J connectivity index is 1.23. The molecule has 168 valence electrons. The third-order valence-electron chi connectivity index (χ3n) is 7.07. The van der Waals surface area contributed by atoms with Gasteiger partial charge in [0, 0.05) is 45.2 Å². The second-order valence-electron chi connectivity index (χ2n) is 9.07. The summed E-state index contributed by atoms with van der Waals surface area (Å²) in [6.07, 6.45) is 6.94. The zero-order chi connectivity index (χ0) is 21.8. The van der Waals surface area contributed by atoms with Crippen LogP contribution in [-0.4, -0.2) is 67.4 Å². The van der Waals surface area contributed by atoms with E-state index < -0.39 is 0 Å². The van der Waals surface area contributed by atoms with Crippen molar-refractivity contribution in [2.75, 3.05) is 44.7 Å². The van der Waals surface area contributed by atoms with Crippen molar-refractivity contribution in [3.8, 4) is 0 Å². The first-order valence-corrected chi connectivity index (χ1v) is 11.5. The zero-order valence-corrected chi connectivity index (χ0v) is 18.3. The van der Waals surface area contributed by atoms with E-state index in [0.29, 0.717) is 18.8 Å². The van der Waals surface area contributed by atoms with E-state index in [9.17, 15) is 14.4 Å². The van der Waals surface area contributed by atoms with E-state index in [2.05, 4.69) is 25.4 Å². The normalized spacial score (nSPS) is 24.2. The summed E-state index contributed by atoms with van der Waals surface area (Å²) < 4.78 is 0. The number of hydrogen-bond donors (Lipinski definition) is 2. The number of amides is 3. The van der Waals surface area contributed by atoms with E-state index in [4.69, 9.17) is 0 Å². The standard InChI is InChI=1S/C23H33N5O3/c1-24-22(30)17-8-10-27(11-9-17)15-16-6-12-28(13-7-16)20-4-2-18(14-25-20)19-3-5-21(29)26-23(19)31/h2,4,14,16-17,19H,3,5-13,15H2,1H3,(H,24,30)(H,26,29,31). The summed E-state index contributed by atoms with van der Waals surface area (Å²) in [6.45, 7) is 5.13. The van der Waals surface area contributed by atoms with Gasteiger partial charge in [-0.2, -0.15) is 0 Å². The highest BCUT2D eigenvalue weighted by Gasteiger charge is 2.29. The fraction of sp³-hybridized carbons (Fsp3) is 0.652. The lowest BCUT2D eigenvalue weighted by molar-refractivity contribution is -0.134. The molecule has 1 aromatic rings. The summed E-state index contributed by atoms with van der Waals surface area (Å²) in [5.41, 5.74) is 0.879. The Kier molecular flexibility index (Phi) is 6.85. The molecule has 1 unspecified atom stereocenters. The number of pyridine rings is 1. The molecule has 3 aliphatic rings. The molecular formula is C23H33N5O3. The number of anilines is 1. The van der Waals surface area contributed by atoms with Crippen LogP contribution in [0.1, 0.15) is 50.0 Å². The minimum absolute atomic E-state index is 0.178. The van der Waals surface area contributed by atoms with Gasteiger partial charge < -0.3 is 15.1 Å². The van der Waals surface area contributed by atoms with E-state index in [-0.39, 0.29) is 29.6 Å². The average Bonchev–Trinajstić information content (AvgIpc) is 2.80. The molecule has 3 saturated heterocycles. The lowest BCUT2D eigenvalue weighted by atomic mass is 9.91. The molecule has 0 aromatic carbocycles. The van der Waals surface area contributed by atoms with Gasteiger partial charge in [-0.3, -0.25) is 19.7 Å². The number of carbonyl (C=O) groups is 3. The van der Waals surface area contributed by atoms with Gasteiger partial charge >= 0.3 is 0 Å². The monoisotopic (exact) mass is 427 g/mol. The van der Waals surface area contributed by atoms with Crippen LogP contribution >= 0.6 is 0 Å². The maximum absolute atomic E-state index is 12.1. The molecule has 0 aliphatic carbocycles. The number of aromatic nitrogens is 1. The third-order valence-corrected chi connectivity index (χ3v) is 7.07. The van der Waals surface area contributed by atoms with Crippen molar-refractivity contribution in [2.24, 2.45) is 11.8 Å². The third kappa shape index (κ3) is 5.23.